The van der Waals surface area contributed by atoms with Crippen molar-refractivity contribution in [3.63, 3.8) is 0 Å². The van der Waals surface area contributed by atoms with Crippen LogP contribution in [-0.2, 0) is 4.79 Å². The summed E-state index contributed by atoms with van der Waals surface area (Å²) in [6.45, 7) is 11.8. The van der Waals surface area contributed by atoms with Crippen molar-refractivity contribution in [2.24, 2.45) is 10.8 Å². The molecule has 4 heteroatoms. The lowest BCUT2D eigenvalue weighted by molar-refractivity contribution is -0.124. The van der Waals surface area contributed by atoms with Crippen LogP contribution in [0.1, 0.15) is 47.0 Å². The molecule has 0 spiro atoms. The van der Waals surface area contributed by atoms with Crippen LogP contribution in [0.15, 0.2) is 0 Å². The standard InChI is InChI=1S/C15H29N3O/c1-14(2)7-11(8-15(3,4)10-14)18-13(19)12-9-16-5-6-17-12/h11-12,16-17H,5-10H2,1-4H3,(H,18,19). The van der Waals surface area contributed by atoms with Crippen molar-refractivity contribution in [3.8, 4) is 0 Å². The highest BCUT2D eigenvalue weighted by molar-refractivity contribution is 5.82. The minimum Gasteiger partial charge on any atom is -0.352 e. The van der Waals surface area contributed by atoms with E-state index >= 15 is 0 Å². The molecule has 2 fully saturated rings. The van der Waals surface area contributed by atoms with Gasteiger partial charge in [-0.2, -0.15) is 0 Å². The molecule has 0 bridgehead atoms. The second kappa shape index (κ2) is 5.41. The molecular weight excluding hydrogens is 238 g/mol. The molecular formula is C15H29N3O. The topological polar surface area (TPSA) is 53.2 Å². The Bertz CT molecular complexity index is 316. The average molecular weight is 267 g/mol. The first-order valence-corrected chi connectivity index (χ1v) is 7.52. The number of hydrogen-bond acceptors (Lipinski definition) is 3. The molecule has 1 aliphatic carbocycles. The maximum atomic E-state index is 12.3. The van der Waals surface area contributed by atoms with Gasteiger partial charge in [0.25, 0.3) is 0 Å². The van der Waals surface area contributed by atoms with Crippen molar-refractivity contribution in [2.45, 2.75) is 59.0 Å². The van der Waals surface area contributed by atoms with E-state index in [1.165, 1.54) is 6.42 Å². The van der Waals surface area contributed by atoms with Gasteiger partial charge < -0.3 is 16.0 Å². The van der Waals surface area contributed by atoms with Crippen molar-refractivity contribution in [1.29, 1.82) is 0 Å². The Morgan fingerprint density at radius 1 is 1.11 bits per heavy atom. The molecule has 4 nitrogen and oxygen atoms in total. The molecule has 0 aromatic rings. The van der Waals surface area contributed by atoms with Gasteiger partial charge in [-0.25, -0.2) is 0 Å². The normalized spacial score (nSPS) is 30.8. The van der Waals surface area contributed by atoms with E-state index in [4.69, 9.17) is 0 Å². The molecule has 2 aliphatic rings. The van der Waals surface area contributed by atoms with Crippen molar-refractivity contribution in [2.75, 3.05) is 19.6 Å². The molecule has 3 N–H and O–H groups in total. The van der Waals surface area contributed by atoms with Gasteiger partial charge in [-0.1, -0.05) is 27.7 Å². The van der Waals surface area contributed by atoms with Crippen LogP contribution in [0.2, 0.25) is 0 Å². The quantitative estimate of drug-likeness (QED) is 0.706. The van der Waals surface area contributed by atoms with Gasteiger partial charge in [0.2, 0.25) is 5.91 Å². The lowest BCUT2D eigenvalue weighted by Crippen LogP contribution is -2.58. The Morgan fingerprint density at radius 2 is 1.74 bits per heavy atom. The smallest absolute Gasteiger partial charge is 0.238 e. The van der Waals surface area contributed by atoms with Crippen LogP contribution in [0.25, 0.3) is 0 Å². The van der Waals surface area contributed by atoms with E-state index in [0.717, 1.165) is 32.5 Å². The van der Waals surface area contributed by atoms with Gasteiger partial charge in [0.15, 0.2) is 0 Å². The summed E-state index contributed by atoms with van der Waals surface area (Å²) in [5.74, 6) is 0.158. The number of carbonyl (C=O) groups excluding carboxylic acids is 1. The summed E-state index contributed by atoms with van der Waals surface area (Å²) in [6, 6.07) is 0.247. The van der Waals surface area contributed by atoms with Crippen LogP contribution in [0.4, 0.5) is 0 Å². The predicted octanol–water partition coefficient (Wildman–Crippen LogP) is 1.27. The molecule has 0 aromatic heterocycles. The fourth-order valence-corrected chi connectivity index (χ4v) is 4.09. The zero-order chi connectivity index (χ0) is 14.1. The van der Waals surface area contributed by atoms with E-state index in [-0.39, 0.29) is 11.9 Å². The summed E-state index contributed by atoms with van der Waals surface area (Å²) in [4.78, 5) is 12.3. The lowest BCUT2D eigenvalue weighted by atomic mass is 9.63. The molecule has 1 saturated carbocycles. The second-order valence-corrected chi connectivity index (χ2v) is 7.83. The van der Waals surface area contributed by atoms with E-state index in [0.29, 0.717) is 16.9 Å². The predicted molar refractivity (Wildman–Crippen MR) is 78.0 cm³/mol. The van der Waals surface area contributed by atoms with Crippen LogP contribution < -0.4 is 16.0 Å². The Morgan fingerprint density at radius 3 is 2.26 bits per heavy atom. The average Bonchev–Trinajstić information content (AvgIpc) is 2.25. The number of carbonyl (C=O) groups is 1. The van der Waals surface area contributed by atoms with Crippen molar-refractivity contribution in [1.82, 2.24) is 16.0 Å². The molecule has 1 aliphatic heterocycles. The molecule has 2 rings (SSSR count). The highest BCUT2D eigenvalue weighted by atomic mass is 16.2. The van der Waals surface area contributed by atoms with Crippen LogP contribution in [0.5, 0.6) is 0 Å². The minimum absolute atomic E-state index is 0.0677. The van der Waals surface area contributed by atoms with E-state index in [9.17, 15) is 4.79 Å². The summed E-state index contributed by atoms with van der Waals surface area (Å²) in [7, 11) is 0. The van der Waals surface area contributed by atoms with Gasteiger partial charge in [-0.05, 0) is 30.1 Å². The molecule has 1 heterocycles. The summed E-state index contributed by atoms with van der Waals surface area (Å²) in [5.41, 5.74) is 0.635. The zero-order valence-corrected chi connectivity index (χ0v) is 12.8. The van der Waals surface area contributed by atoms with Gasteiger partial charge in [0.1, 0.15) is 0 Å². The molecule has 1 atom stereocenters. The summed E-state index contributed by atoms with van der Waals surface area (Å²) in [5, 5.41) is 9.80. The third-order valence-corrected chi connectivity index (χ3v) is 4.26. The first kappa shape index (κ1) is 14.8. The molecule has 1 amide bonds. The fourth-order valence-electron chi connectivity index (χ4n) is 4.09. The molecule has 0 aromatic carbocycles. The number of amides is 1. The second-order valence-electron chi connectivity index (χ2n) is 7.83. The summed E-state index contributed by atoms with van der Waals surface area (Å²) < 4.78 is 0. The van der Waals surface area contributed by atoms with Gasteiger partial charge in [0.05, 0.1) is 6.04 Å². The maximum absolute atomic E-state index is 12.3. The van der Waals surface area contributed by atoms with E-state index in [1.807, 2.05) is 0 Å². The number of hydrogen-bond donors (Lipinski definition) is 3. The van der Waals surface area contributed by atoms with E-state index in [2.05, 4.69) is 43.6 Å². The van der Waals surface area contributed by atoms with Gasteiger partial charge in [0, 0.05) is 25.7 Å². The molecule has 110 valence electrons. The number of piperazine rings is 1. The van der Waals surface area contributed by atoms with Crippen molar-refractivity contribution >= 4 is 5.91 Å². The highest BCUT2D eigenvalue weighted by Gasteiger charge is 2.39. The number of nitrogens with one attached hydrogen (secondary N) is 3. The maximum Gasteiger partial charge on any atom is 0.238 e. The van der Waals surface area contributed by atoms with Crippen LogP contribution >= 0.6 is 0 Å². The highest BCUT2D eigenvalue weighted by Crippen LogP contribution is 2.45. The van der Waals surface area contributed by atoms with Crippen LogP contribution in [0, 0.1) is 10.8 Å². The SMILES string of the molecule is CC1(C)CC(NC(=O)C2CNCCN2)CC(C)(C)C1. The summed E-state index contributed by atoms with van der Waals surface area (Å²) >= 11 is 0. The Labute approximate surface area is 117 Å². The fraction of sp³-hybridized carbons (Fsp3) is 0.933. The summed E-state index contributed by atoms with van der Waals surface area (Å²) in [6.07, 6.45) is 3.40. The van der Waals surface area contributed by atoms with Crippen molar-refractivity contribution in [3.05, 3.63) is 0 Å². The molecule has 19 heavy (non-hydrogen) atoms. The first-order chi connectivity index (χ1) is 8.77. The largest absolute Gasteiger partial charge is 0.352 e. The van der Waals surface area contributed by atoms with Crippen LogP contribution in [0.3, 0.4) is 0 Å². The van der Waals surface area contributed by atoms with Crippen molar-refractivity contribution < 1.29 is 4.79 Å². The number of rotatable bonds is 2. The van der Waals surface area contributed by atoms with Gasteiger partial charge in [-0.3, -0.25) is 4.79 Å². The molecule has 1 unspecified atom stereocenters. The third-order valence-electron chi connectivity index (χ3n) is 4.26. The van der Waals surface area contributed by atoms with Gasteiger partial charge >= 0.3 is 0 Å². The minimum atomic E-state index is -0.0677. The molecule has 0 radical (unpaired) electrons. The Hall–Kier alpha value is -0.610. The van der Waals surface area contributed by atoms with E-state index < -0.39 is 0 Å². The Balaban J connectivity index is 1.92. The lowest BCUT2D eigenvalue weighted by Gasteiger charge is -2.45. The molecule has 1 saturated heterocycles. The van der Waals surface area contributed by atoms with Crippen LogP contribution in [-0.4, -0.2) is 37.6 Å². The third kappa shape index (κ3) is 4.18. The van der Waals surface area contributed by atoms with Gasteiger partial charge in [-0.15, -0.1) is 0 Å². The monoisotopic (exact) mass is 267 g/mol. The van der Waals surface area contributed by atoms with E-state index in [1.54, 1.807) is 0 Å². The Kier molecular flexibility index (Phi) is 4.21. The zero-order valence-electron chi connectivity index (χ0n) is 12.8. The first-order valence-electron chi connectivity index (χ1n) is 7.52.